The van der Waals surface area contributed by atoms with Crippen LogP contribution < -0.4 is 16.0 Å². The molecule has 0 unspecified atom stereocenters. The van der Waals surface area contributed by atoms with Gasteiger partial charge in [-0.3, -0.25) is 9.59 Å². The fourth-order valence-electron chi connectivity index (χ4n) is 1.46. The first kappa shape index (κ1) is 18.3. The van der Waals surface area contributed by atoms with Gasteiger partial charge in [-0.15, -0.1) is 12.4 Å². The fourth-order valence-corrected chi connectivity index (χ4v) is 1.46. The van der Waals surface area contributed by atoms with Crippen LogP contribution in [0.15, 0.2) is 24.3 Å². The summed E-state index contributed by atoms with van der Waals surface area (Å²) in [5.41, 5.74) is 0.370. The number of anilines is 1. The first-order valence-corrected chi connectivity index (χ1v) is 6.08. The van der Waals surface area contributed by atoms with Crippen LogP contribution in [-0.4, -0.2) is 32.0 Å². The minimum Gasteiger partial charge on any atom is -0.347 e. The number of carbonyl (C=O) groups is 2. The highest BCUT2D eigenvalue weighted by Crippen LogP contribution is 2.08. The number of benzene rings is 1. The van der Waals surface area contributed by atoms with Crippen molar-refractivity contribution < 1.29 is 14.0 Å². The van der Waals surface area contributed by atoms with E-state index in [0.717, 1.165) is 6.54 Å². The Kier molecular flexibility index (Phi) is 9.32. The molecule has 0 heterocycles. The molecule has 0 aliphatic carbocycles. The maximum absolute atomic E-state index is 12.9. The van der Waals surface area contributed by atoms with Crippen LogP contribution in [0.2, 0.25) is 0 Å². The molecule has 0 saturated carbocycles. The molecular weight excluding hydrogens is 285 g/mol. The molecule has 1 aromatic rings. The quantitative estimate of drug-likeness (QED) is 0.665. The first-order chi connectivity index (χ1) is 9.11. The molecule has 0 aliphatic heterocycles. The molecular formula is C13H19ClFN3O2. The Morgan fingerprint density at radius 3 is 2.65 bits per heavy atom. The van der Waals surface area contributed by atoms with Crippen LogP contribution in [0.3, 0.4) is 0 Å². The molecule has 3 N–H and O–H groups in total. The summed E-state index contributed by atoms with van der Waals surface area (Å²) in [5, 5.41) is 7.93. The van der Waals surface area contributed by atoms with E-state index in [1.54, 1.807) is 6.07 Å². The third-order valence-corrected chi connectivity index (χ3v) is 2.39. The second-order valence-electron chi connectivity index (χ2n) is 4.04. The Bertz CT molecular complexity index is 443. The number of hydrogen-bond acceptors (Lipinski definition) is 3. The second kappa shape index (κ2) is 10.2. The Hall–Kier alpha value is -1.66. The summed E-state index contributed by atoms with van der Waals surface area (Å²) in [6.45, 7) is 0.637. The van der Waals surface area contributed by atoms with Crippen molar-refractivity contribution in [2.75, 3.05) is 25.5 Å². The van der Waals surface area contributed by atoms with Crippen LogP contribution in [0.4, 0.5) is 10.1 Å². The van der Waals surface area contributed by atoms with E-state index >= 15 is 0 Å². The van der Waals surface area contributed by atoms with Gasteiger partial charge in [0.2, 0.25) is 11.8 Å². The average molecular weight is 304 g/mol. The van der Waals surface area contributed by atoms with Crippen LogP contribution in [0.1, 0.15) is 12.8 Å². The maximum Gasteiger partial charge on any atom is 0.243 e. The first-order valence-electron chi connectivity index (χ1n) is 6.08. The monoisotopic (exact) mass is 303 g/mol. The summed E-state index contributed by atoms with van der Waals surface area (Å²) in [5.74, 6) is -0.980. The number of carbonyl (C=O) groups excluding carboxylic acids is 2. The van der Waals surface area contributed by atoms with E-state index in [4.69, 9.17) is 0 Å². The zero-order valence-corrected chi connectivity index (χ0v) is 12.1. The van der Waals surface area contributed by atoms with E-state index in [9.17, 15) is 14.0 Å². The van der Waals surface area contributed by atoms with Gasteiger partial charge < -0.3 is 16.0 Å². The molecule has 1 aromatic carbocycles. The van der Waals surface area contributed by atoms with E-state index in [2.05, 4.69) is 16.0 Å². The standard InChI is InChI=1S/C13H18FN3O2.ClH/c1-15-7-3-6-12(18)16-9-13(19)17-11-5-2-4-10(14)8-11;/h2,4-5,8,15H,3,6-7,9H2,1H3,(H,16,18)(H,17,19);1H. The molecule has 0 aliphatic rings. The lowest BCUT2D eigenvalue weighted by Crippen LogP contribution is -2.33. The molecule has 7 heteroatoms. The molecule has 0 bridgehead atoms. The van der Waals surface area contributed by atoms with E-state index in [1.165, 1.54) is 18.2 Å². The molecule has 0 spiro atoms. The second-order valence-corrected chi connectivity index (χ2v) is 4.04. The number of rotatable bonds is 7. The van der Waals surface area contributed by atoms with Crippen molar-refractivity contribution in [1.82, 2.24) is 10.6 Å². The normalized spacial score (nSPS) is 9.50. The van der Waals surface area contributed by atoms with Gasteiger partial charge in [0.1, 0.15) is 5.82 Å². The SMILES string of the molecule is CNCCCC(=O)NCC(=O)Nc1cccc(F)c1.Cl. The third-order valence-electron chi connectivity index (χ3n) is 2.39. The van der Waals surface area contributed by atoms with Crippen molar-refractivity contribution in [3.63, 3.8) is 0 Å². The average Bonchev–Trinajstić information content (AvgIpc) is 2.37. The minimum atomic E-state index is -0.422. The molecule has 1 rings (SSSR count). The lowest BCUT2D eigenvalue weighted by molar-refractivity contribution is -0.124. The minimum absolute atomic E-state index is 0. The molecule has 112 valence electrons. The summed E-state index contributed by atoms with van der Waals surface area (Å²) in [6, 6.07) is 5.59. The van der Waals surface area contributed by atoms with Gasteiger partial charge >= 0.3 is 0 Å². The molecule has 20 heavy (non-hydrogen) atoms. The van der Waals surface area contributed by atoms with Crippen LogP contribution in [0.25, 0.3) is 0 Å². The predicted molar refractivity (Wildman–Crippen MR) is 78.4 cm³/mol. The smallest absolute Gasteiger partial charge is 0.243 e. The van der Waals surface area contributed by atoms with Crippen LogP contribution in [0.5, 0.6) is 0 Å². The van der Waals surface area contributed by atoms with Crippen molar-refractivity contribution in [2.45, 2.75) is 12.8 Å². The van der Waals surface area contributed by atoms with Crippen molar-refractivity contribution in [3.8, 4) is 0 Å². The van der Waals surface area contributed by atoms with Gasteiger partial charge in [-0.25, -0.2) is 4.39 Å². The summed E-state index contributed by atoms with van der Waals surface area (Å²) >= 11 is 0. The van der Waals surface area contributed by atoms with Gasteiger partial charge in [-0.05, 0) is 38.2 Å². The van der Waals surface area contributed by atoms with Crippen molar-refractivity contribution in [3.05, 3.63) is 30.1 Å². The summed E-state index contributed by atoms with van der Waals surface area (Å²) in [6.07, 6.45) is 1.09. The van der Waals surface area contributed by atoms with Gasteiger partial charge in [0.25, 0.3) is 0 Å². The van der Waals surface area contributed by atoms with E-state index < -0.39 is 5.82 Å². The third kappa shape index (κ3) is 7.70. The summed E-state index contributed by atoms with van der Waals surface area (Å²) < 4.78 is 12.9. The fraction of sp³-hybridized carbons (Fsp3) is 0.385. The van der Waals surface area contributed by atoms with E-state index in [-0.39, 0.29) is 30.8 Å². The van der Waals surface area contributed by atoms with E-state index in [0.29, 0.717) is 18.5 Å². The lowest BCUT2D eigenvalue weighted by atomic mass is 10.3. The van der Waals surface area contributed by atoms with Crippen LogP contribution in [-0.2, 0) is 9.59 Å². The summed E-state index contributed by atoms with van der Waals surface area (Å²) in [7, 11) is 1.81. The molecule has 5 nitrogen and oxygen atoms in total. The summed E-state index contributed by atoms with van der Waals surface area (Å²) in [4.78, 5) is 22.8. The zero-order valence-electron chi connectivity index (χ0n) is 11.2. The van der Waals surface area contributed by atoms with Crippen molar-refractivity contribution in [2.24, 2.45) is 0 Å². The van der Waals surface area contributed by atoms with Crippen LogP contribution in [0, 0.1) is 5.82 Å². The zero-order chi connectivity index (χ0) is 14.1. The van der Waals surface area contributed by atoms with Crippen molar-refractivity contribution in [1.29, 1.82) is 0 Å². The van der Waals surface area contributed by atoms with Gasteiger partial charge in [-0.1, -0.05) is 6.07 Å². The van der Waals surface area contributed by atoms with Gasteiger partial charge in [0.05, 0.1) is 6.54 Å². The largest absolute Gasteiger partial charge is 0.347 e. The molecule has 0 saturated heterocycles. The van der Waals surface area contributed by atoms with E-state index in [1.807, 2.05) is 7.05 Å². The highest BCUT2D eigenvalue weighted by Gasteiger charge is 2.06. The van der Waals surface area contributed by atoms with Crippen LogP contribution >= 0.6 is 12.4 Å². The Balaban J connectivity index is 0.00000361. The molecule has 0 fully saturated rings. The van der Waals surface area contributed by atoms with Gasteiger partial charge in [-0.2, -0.15) is 0 Å². The Labute approximate surface area is 123 Å². The topological polar surface area (TPSA) is 70.2 Å². The predicted octanol–water partition coefficient (Wildman–Crippen LogP) is 1.30. The molecule has 0 radical (unpaired) electrons. The Morgan fingerprint density at radius 1 is 1.25 bits per heavy atom. The van der Waals surface area contributed by atoms with Gasteiger partial charge in [0, 0.05) is 12.1 Å². The highest BCUT2D eigenvalue weighted by molar-refractivity contribution is 5.94. The highest BCUT2D eigenvalue weighted by atomic mass is 35.5. The number of nitrogens with one attached hydrogen (secondary N) is 3. The number of hydrogen-bond donors (Lipinski definition) is 3. The molecule has 0 aromatic heterocycles. The Morgan fingerprint density at radius 2 is 2.00 bits per heavy atom. The van der Waals surface area contributed by atoms with Gasteiger partial charge in [0.15, 0.2) is 0 Å². The van der Waals surface area contributed by atoms with Crippen molar-refractivity contribution >= 4 is 29.9 Å². The number of amides is 2. The molecule has 2 amide bonds. The lowest BCUT2D eigenvalue weighted by Gasteiger charge is -2.07. The maximum atomic E-state index is 12.9. The molecule has 0 atom stereocenters. The number of halogens is 2.